The standard InChI is InChI=1S/C16H24N2O5S/c1-3-13-5-4-6-15(9-13)24(21,22)18-7-8-23-14(11-18)10-17(2)12-16(19)20/h4-6,9,14H,3,7-8,10-12H2,1-2H3,(H,19,20). The minimum absolute atomic E-state index is 0.106. The number of carboxylic acids is 1. The van der Waals surface area contributed by atoms with Crippen molar-refractivity contribution < 1.29 is 23.1 Å². The lowest BCUT2D eigenvalue weighted by molar-refractivity contribution is -0.138. The van der Waals surface area contributed by atoms with E-state index in [-0.39, 0.29) is 19.2 Å². The van der Waals surface area contributed by atoms with Gasteiger partial charge in [-0.1, -0.05) is 19.1 Å². The maximum atomic E-state index is 12.8. The molecule has 24 heavy (non-hydrogen) atoms. The molecule has 1 atom stereocenters. The van der Waals surface area contributed by atoms with Gasteiger partial charge in [0.25, 0.3) is 0 Å². The van der Waals surface area contributed by atoms with Crippen molar-refractivity contribution in [2.24, 2.45) is 0 Å². The van der Waals surface area contributed by atoms with Crippen LogP contribution >= 0.6 is 0 Å². The van der Waals surface area contributed by atoms with Crippen molar-refractivity contribution in [1.82, 2.24) is 9.21 Å². The van der Waals surface area contributed by atoms with E-state index < -0.39 is 16.0 Å². The van der Waals surface area contributed by atoms with Crippen molar-refractivity contribution >= 4 is 16.0 Å². The lowest BCUT2D eigenvalue weighted by Crippen LogP contribution is -2.49. The van der Waals surface area contributed by atoms with Gasteiger partial charge in [0.05, 0.1) is 24.2 Å². The molecule has 1 saturated heterocycles. The largest absolute Gasteiger partial charge is 0.480 e. The molecule has 0 saturated carbocycles. The summed E-state index contributed by atoms with van der Waals surface area (Å²) in [4.78, 5) is 12.6. The number of likely N-dealkylation sites (N-methyl/N-ethyl adjacent to an activating group) is 1. The Balaban J connectivity index is 2.08. The van der Waals surface area contributed by atoms with Crippen LogP contribution in [-0.2, 0) is 26.0 Å². The van der Waals surface area contributed by atoms with E-state index in [0.717, 1.165) is 12.0 Å². The summed E-state index contributed by atoms with van der Waals surface area (Å²) in [5, 5.41) is 8.80. The zero-order valence-electron chi connectivity index (χ0n) is 14.0. The molecular weight excluding hydrogens is 332 g/mol. The molecule has 1 heterocycles. The second-order valence-electron chi connectivity index (χ2n) is 5.95. The number of morpholine rings is 1. The van der Waals surface area contributed by atoms with E-state index in [9.17, 15) is 13.2 Å². The number of hydrogen-bond donors (Lipinski definition) is 1. The van der Waals surface area contributed by atoms with E-state index in [1.54, 1.807) is 30.1 Å². The Morgan fingerprint density at radius 2 is 2.21 bits per heavy atom. The summed E-state index contributed by atoms with van der Waals surface area (Å²) in [7, 11) is -1.89. The highest BCUT2D eigenvalue weighted by atomic mass is 32.2. The second-order valence-corrected chi connectivity index (χ2v) is 7.89. The fourth-order valence-electron chi connectivity index (χ4n) is 2.74. The van der Waals surface area contributed by atoms with Gasteiger partial charge in [-0.15, -0.1) is 0 Å². The van der Waals surface area contributed by atoms with Crippen molar-refractivity contribution in [3.63, 3.8) is 0 Å². The SMILES string of the molecule is CCc1cccc(S(=O)(=O)N2CCOC(CN(C)CC(=O)O)C2)c1. The monoisotopic (exact) mass is 356 g/mol. The molecular formula is C16H24N2O5S. The lowest BCUT2D eigenvalue weighted by Gasteiger charge is -2.33. The summed E-state index contributed by atoms with van der Waals surface area (Å²) < 4.78 is 32.7. The van der Waals surface area contributed by atoms with Crippen LogP contribution in [0.2, 0.25) is 0 Å². The molecule has 1 aromatic rings. The molecule has 1 aliphatic rings. The molecule has 0 bridgehead atoms. The molecule has 1 N–H and O–H groups in total. The highest BCUT2D eigenvalue weighted by Crippen LogP contribution is 2.20. The summed E-state index contributed by atoms with van der Waals surface area (Å²) in [6.07, 6.45) is 0.432. The Hall–Kier alpha value is -1.48. The van der Waals surface area contributed by atoms with Crippen LogP contribution in [-0.4, -0.2) is 74.6 Å². The fourth-order valence-corrected chi connectivity index (χ4v) is 4.27. The lowest BCUT2D eigenvalue weighted by atomic mass is 10.2. The van der Waals surface area contributed by atoms with Crippen molar-refractivity contribution in [1.29, 1.82) is 0 Å². The molecule has 7 nitrogen and oxygen atoms in total. The first-order valence-electron chi connectivity index (χ1n) is 7.94. The molecule has 0 aromatic heterocycles. The van der Waals surface area contributed by atoms with Crippen LogP contribution in [0.1, 0.15) is 12.5 Å². The minimum atomic E-state index is -3.57. The van der Waals surface area contributed by atoms with Crippen LogP contribution in [0.25, 0.3) is 0 Å². The molecule has 0 aliphatic carbocycles. The number of carboxylic acid groups (broad SMARTS) is 1. The number of rotatable bonds is 7. The van der Waals surface area contributed by atoms with Gasteiger partial charge in [0, 0.05) is 19.6 Å². The quantitative estimate of drug-likeness (QED) is 0.772. The topological polar surface area (TPSA) is 87.2 Å². The summed E-state index contributed by atoms with van der Waals surface area (Å²) in [5.74, 6) is -0.922. The summed E-state index contributed by atoms with van der Waals surface area (Å²) in [6.45, 7) is 3.08. The number of nitrogens with zero attached hydrogens (tertiary/aromatic N) is 2. The highest BCUT2D eigenvalue weighted by molar-refractivity contribution is 7.89. The van der Waals surface area contributed by atoms with Crippen molar-refractivity contribution in [2.45, 2.75) is 24.3 Å². The Kier molecular flexibility index (Phi) is 6.34. The van der Waals surface area contributed by atoms with Crippen LogP contribution < -0.4 is 0 Å². The predicted molar refractivity (Wildman–Crippen MR) is 89.5 cm³/mol. The van der Waals surface area contributed by atoms with E-state index in [4.69, 9.17) is 9.84 Å². The van der Waals surface area contributed by atoms with Gasteiger partial charge in [-0.3, -0.25) is 9.69 Å². The van der Waals surface area contributed by atoms with Gasteiger partial charge in [-0.05, 0) is 31.2 Å². The average molecular weight is 356 g/mol. The van der Waals surface area contributed by atoms with E-state index in [1.165, 1.54) is 4.31 Å². The molecule has 2 rings (SSSR count). The Labute approximate surface area is 142 Å². The maximum absolute atomic E-state index is 12.8. The van der Waals surface area contributed by atoms with Gasteiger partial charge in [0.2, 0.25) is 10.0 Å². The molecule has 1 fully saturated rings. The van der Waals surface area contributed by atoms with Gasteiger partial charge in [-0.25, -0.2) is 8.42 Å². The molecule has 1 aromatic carbocycles. The van der Waals surface area contributed by atoms with Crippen LogP contribution in [0.5, 0.6) is 0 Å². The third-order valence-corrected chi connectivity index (χ3v) is 5.83. The first-order valence-corrected chi connectivity index (χ1v) is 9.38. The van der Waals surface area contributed by atoms with E-state index >= 15 is 0 Å². The molecule has 8 heteroatoms. The van der Waals surface area contributed by atoms with Gasteiger partial charge in [0.15, 0.2) is 0 Å². The van der Waals surface area contributed by atoms with Gasteiger partial charge >= 0.3 is 5.97 Å². The minimum Gasteiger partial charge on any atom is -0.480 e. The summed E-state index contributed by atoms with van der Waals surface area (Å²) >= 11 is 0. The predicted octanol–water partition coefficient (Wildman–Crippen LogP) is 0.655. The van der Waals surface area contributed by atoms with Crippen LogP contribution in [0, 0.1) is 0 Å². The Bertz CT molecular complexity index is 677. The van der Waals surface area contributed by atoms with Crippen molar-refractivity contribution in [2.75, 3.05) is 39.8 Å². The average Bonchev–Trinajstić information content (AvgIpc) is 2.54. The third-order valence-electron chi connectivity index (χ3n) is 3.97. The van der Waals surface area contributed by atoms with Gasteiger partial charge < -0.3 is 9.84 Å². The second kappa shape index (κ2) is 8.06. The Morgan fingerprint density at radius 3 is 2.88 bits per heavy atom. The van der Waals surface area contributed by atoms with Crippen LogP contribution in [0.3, 0.4) is 0 Å². The number of benzene rings is 1. The number of aryl methyl sites for hydroxylation is 1. The normalized spacial score (nSPS) is 19.5. The summed E-state index contributed by atoms with van der Waals surface area (Å²) in [6, 6.07) is 6.97. The molecule has 1 unspecified atom stereocenters. The molecule has 0 spiro atoms. The zero-order valence-corrected chi connectivity index (χ0v) is 14.8. The molecule has 134 valence electrons. The van der Waals surface area contributed by atoms with E-state index in [0.29, 0.717) is 24.6 Å². The number of hydrogen-bond acceptors (Lipinski definition) is 5. The Morgan fingerprint density at radius 1 is 1.46 bits per heavy atom. The van der Waals surface area contributed by atoms with Crippen LogP contribution in [0.15, 0.2) is 29.2 Å². The zero-order chi connectivity index (χ0) is 17.7. The van der Waals surface area contributed by atoms with Crippen molar-refractivity contribution in [3.05, 3.63) is 29.8 Å². The molecule has 1 aliphatic heterocycles. The van der Waals surface area contributed by atoms with Crippen molar-refractivity contribution in [3.8, 4) is 0 Å². The number of carbonyl (C=O) groups is 1. The van der Waals surface area contributed by atoms with E-state index in [1.807, 2.05) is 13.0 Å². The van der Waals surface area contributed by atoms with Gasteiger partial charge in [0.1, 0.15) is 0 Å². The fraction of sp³-hybridized carbons (Fsp3) is 0.562. The first-order chi connectivity index (χ1) is 11.3. The first kappa shape index (κ1) is 18.9. The smallest absolute Gasteiger partial charge is 0.317 e. The number of sulfonamides is 1. The van der Waals surface area contributed by atoms with Gasteiger partial charge in [-0.2, -0.15) is 4.31 Å². The summed E-state index contributed by atoms with van der Waals surface area (Å²) in [5.41, 5.74) is 0.974. The number of ether oxygens (including phenoxy) is 1. The van der Waals surface area contributed by atoms with Crippen LogP contribution in [0.4, 0.5) is 0 Å². The maximum Gasteiger partial charge on any atom is 0.317 e. The molecule has 0 radical (unpaired) electrons. The third kappa shape index (κ3) is 4.76. The number of aliphatic carboxylic acids is 1. The van der Waals surface area contributed by atoms with E-state index in [2.05, 4.69) is 0 Å². The highest BCUT2D eigenvalue weighted by Gasteiger charge is 2.31. The molecule has 0 amide bonds.